The molecule has 0 aromatic rings. The van der Waals surface area contributed by atoms with Gasteiger partial charge < -0.3 is 9.79 Å². The standard InChI is InChI=1S/C3H3F6O4P/c4-2(5,6)1(3(7,8)9)13-14(10,11)12/h1H,(H2,10,11,12). The predicted molar refractivity (Wildman–Crippen MR) is 29.0 cm³/mol. The van der Waals surface area contributed by atoms with Crippen molar-refractivity contribution in [3.63, 3.8) is 0 Å². The lowest BCUT2D eigenvalue weighted by molar-refractivity contribution is -0.303. The van der Waals surface area contributed by atoms with E-state index in [1.165, 1.54) is 0 Å². The first-order chi connectivity index (χ1) is 5.84. The fourth-order valence-electron chi connectivity index (χ4n) is 0.442. The van der Waals surface area contributed by atoms with E-state index in [4.69, 9.17) is 9.79 Å². The molecule has 0 unspecified atom stereocenters. The molecule has 0 saturated carbocycles. The molecule has 14 heavy (non-hydrogen) atoms. The van der Waals surface area contributed by atoms with Crippen molar-refractivity contribution in [2.24, 2.45) is 0 Å². The Morgan fingerprint density at radius 1 is 1.00 bits per heavy atom. The summed E-state index contributed by atoms with van der Waals surface area (Å²) in [5.74, 6) is 0. The van der Waals surface area contributed by atoms with Crippen LogP contribution in [0.4, 0.5) is 26.3 Å². The Hall–Kier alpha value is -0.310. The van der Waals surface area contributed by atoms with Crippen LogP contribution < -0.4 is 0 Å². The lowest BCUT2D eigenvalue weighted by Crippen LogP contribution is -2.43. The summed E-state index contributed by atoms with van der Waals surface area (Å²) in [6.07, 6.45) is -16.4. The Morgan fingerprint density at radius 2 is 1.29 bits per heavy atom. The van der Waals surface area contributed by atoms with E-state index in [1.54, 1.807) is 0 Å². The quantitative estimate of drug-likeness (QED) is 0.575. The topological polar surface area (TPSA) is 66.8 Å². The third kappa shape index (κ3) is 4.80. The summed E-state index contributed by atoms with van der Waals surface area (Å²) in [4.78, 5) is 15.6. The lowest BCUT2D eigenvalue weighted by Gasteiger charge is -2.22. The fourth-order valence-corrected chi connectivity index (χ4v) is 0.956. The summed E-state index contributed by atoms with van der Waals surface area (Å²) in [5, 5.41) is 0. The van der Waals surface area contributed by atoms with Crippen molar-refractivity contribution < 1.29 is 45.2 Å². The maximum atomic E-state index is 11.6. The van der Waals surface area contributed by atoms with Crippen LogP contribution in [0.2, 0.25) is 0 Å². The molecule has 4 nitrogen and oxygen atoms in total. The van der Waals surface area contributed by atoms with Gasteiger partial charge in [-0.15, -0.1) is 0 Å². The van der Waals surface area contributed by atoms with Crippen molar-refractivity contribution in [3.8, 4) is 0 Å². The van der Waals surface area contributed by atoms with E-state index in [0.717, 1.165) is 0 Å². The average Bonchev–Trinajstić information content (AvgIpc) is 1.75. The molecule has 0 bridgehead atoms. The highest BCUT2D eigenvalue weighted by molar-refractivity contribution is 7.46. The minimum atomic E-state index is -5.93. The highest BCUT2D eigenvalue weighted by Crippen LogP contribution is 2.46. The van der Waals surface area contributed by atoms with Gasteiger partial charge in [-0.2, -0.15) is 26.3 Å². The monoisotopic (exact) mass is 248 g/mol. The zero-order valence-electron chi connectivity index (χ0n) is 6.00. The summed E-state index contributed by atoms with van der Waals surface area (Å²) < 4.78 is 81.7. The zero-order chi connectivity index (χ0) is 11.8. The molecule has 0 aromatic carbocycles. The smallest absolute Gasteiger partial charge is 0.303 e. The Labute approximate surface area is 72.7 Å². The van der Waals surface area contributed by atoms with Crippen molar-refractivity contribution in [2.45, 2.75) is 18.5 Å². The van der Waals surface area contributed by atoms with E-state index in [9.17, 15) is 30.9 Å². The van der Waals surface area contributed by atoms with E-state index in [2.05, 4.69) is 4.52 Å². The van der Waals surface area contributed by atoms with Crippen LogP contribution in [0.25, 0.3) is 0 Å². The molecule has 2 N–H and O–H groups in total. The molecule has 0 spiro atoms. The number of rotatable bonds is 2. The normalized spacial score (nSPS) is 14.9. The molecule has 0 radical (unpaired) electrons. The maximum Gasteiger partial charge on any atom is 0.470 e. The van der Waals surface area contributed by atoms with E-state index < -0.39 is 26.3 Å². The Balaban J connectivity index is 4.87. The summed E-state index contributed by atoms with van der Waals surface area (Å²) in [6.45, 7) is 0. The van der Waals surface area contributed by atoms with Crippen molar-refractivity contribution in [1.29, 1.82) is 0 Å². The van der Waals surface area contributed by atoms with E-state index in [1.807, 2.05) is 0 Å². The summed E-state index contributed by atoms with van der Waals surface area (Å²) in [5.41, 5.74) is 0. The van der Waals surface area contributed by atoms with E-state index >= 15 is 0 Å². The van der Waals surface area contributed by atoms with E-state index in [-0.39, 0.29) is 0 Å². The van der Waals surface area contributed by atoms with Gasteiger partial charge in [0.05, 0.1) is 0 Å². The molecule has 0 fully saturated rings. The molecule has 86 valence electrons. The minimum absolute atomic E-state index is 2.58. The lowest BCUT2D eigenvalue weighted by atomic mass is 10.3. The van der Waals surface area contributed by atoms with Crippen molar-refractivity contribution in [2.75, 3.05) is 0 Å². The van der Waals surface area contributed by atoms with Gasteiger partial charge in [0, 0.05) is 0 Å². The molecule has 0 aliphatic heterocycles. The average molecular weight is 248 g/mol. The van der Waals surface area contributed by atoms with Crippen LogP contribution in [-0.2, 0) is 9.09 Å². The van der Waals surface area contributed by atoms with Gasteiger partial charge in [-0.1, -0.05) is 0 Å². The van der Waals surface area contributed by atoms with Crippen molar-refractivity contribution in [3.05, 3.63) is 0 Å². The molecule has 0 rings (SSSR count). The van der Waals surface area contributed by atoms with Gasteiger partial charge in [0.2, 0.25) is 0 Å². The second-order valence-corrected chi connectivity index (χ2v) is 3.25. The van der Waals surface area contributed by atoms with Crippen LogP contribution >= 0.6 is 7.82 Å². The number of phosphoric acid groups is 1. The first kappa shape index (κ1) is 13.7. The number of phosphoric ester groups is 1. The van der Waals surface area contributed by atoms with Crippen LogP contribution in [-0.4, -0.2) is 28.2 Å². The first-order valence-corrected chi connectivity index (χ1v) is 4.24. The number of halogens is 6. The second kappa shape index (κ2) is 3.69. The van der Waals surface area contributed by atoms with Gasteiger partial charge in [-0.25, -0.2) is 4.57 Å². The van der Waals surface area contributed by atoms with Crippen LogP contribution in [0.5, 0.6) is 0 Å². The summed E-state index contributed by atoms with van der Waals surface area (Å²) >= 11 is 0. The Morgan fingerprint density at radius 3 is 1.36 bits per heavy atom. The number of hydrogen-bond donors (Lipinski definition) is 2. The molecular formula is C3H3F6O4P. The Bertz CT molecular complexity index is 224. The van der Waals surface area contributed by atoms with Gasteiger partial charge in [-0.05, 0) is 0 Å². The highest BCUT2D eigenvalue weighted by atomic mass is 31.2. The van der Waals surface area contributed by atoms with Gasteiger partial charge in [0.25, 0.3) is 6.10 Å². The van der Waals surface area contributed by atoms with Crippen molar-refractivity contribution >= 4 is 7.82 Å². The van der Waals surface area contributed by atoms with Gasteiger partial charge >= 0.3 is 20.2 Å². The van der Waals surface area contributed by atoms with Crippen LogP contribution in [0.1, 0.15) is 0 Å². The minimum Gasteiger partial charge on any atom is -0.303 e. The highest BCUT2D eigenvalue weighted by Gasteiger charge is 2.60. The third-order valence-electron chi connectivity index (χ3n) is 0.837. The summed E-state index contributed by atoms with van der Waals surface area (Å²) in [6, 6.07) is 0. The molecule has 0 aromatic heterocycles. The summed E-state index contributed by atoms with van der Waals surface area (Å²) in [7, 11) is -5.85. The van der Waals surface area contributed by atoms with E-state index in [0.29, 0.717) is 0 Å². The van der Waals surface area contributed by atoms with Crippen LogP contribution in [0.15, 0.2) is 0 Å². The first-order valence-electron chi connectivity index (χ1n) is 2.71. The second-order valence-electron chi connectivity index (χ2n) is 2.06. The molecule has 0 aliphatic carbocycles. The molecule has 0 saturated heterocycles. The molecular weight excluding hydrogens is 245 g/mol. The molecule has 0 atom stereocenters. The molecule has 0 aliphatic rings. The zero-order valence-corrected chi connectivity index (χ0v) is 6.90. The largest absolute Gasteiger partial charge is 0.470 e. The predicted octanol–water partition coefficient (Wildman–Crippen LogP) is 1.59. The van der Waals surface area contributed by atoms with Crippen LogP contribution in [0.3, 0.4) is 0 Å². The Kier molecular flexibility index (Phi) is 3.60. The SMILES string of the molecule is O=P(O)(O)OC(C(F)(F)F)C(F)(F)F. The number of alkyl halides is 6. The fraction of sp³-hybridized carbons (Fsp3) is 1.00. The molecule has 0 heterocycles. The molecule has 11 heteroatoms. The molecule has 0 amide bonds. The van der Waals surface area contributed by atoms with Gasteiger partial charge in [-0.3, -0.25) is 4.52 Å². The van der Waals surface area contributed by atoms with Gasteiger partial charge in [0.1, 0.15) is 0 Å². The van der Waals surface area contributed by atoms with Crippen molar-refractivity contribution in [1.82, 2.24) is 0 Å². The van der Waals surface area contributed by atoms with Crippen LogP contribution in [0, 0.1) is 0 Å². The number of hydrogen-bond acceptors (Lipinski definition) is 2. The van der Waals surface area contributed by atoms with Gasteiger partial charge in [0.15, 0.2) is 0 Å². The third-order valence-corrected chi connectivity index (χ3v) is 1.32. The maximum absolute atomic E-state index is 11.6.